The van der Waals surface area contributed by atoms with Gasteiger partial charge in [0.2, 0.25) is 0 Å². The Labute approximate surface area is 83.4 Å². The first-order valence-electron chi connectivity index (χ1n) is 4.25. The highest BCUT2D eigenvalue weighted by atomic mass is 16.3. The maximum atomic E-state index is 9.24. The molecule has 1 aromatic rings. The molecule has 0 radical (unpaired) electrons. The molecule has 0 fully saturated rings. The molecule has 0 spiro atoms. The number of nitrogens with zero attached hydrogens (tertiary/aromatic N) is 2. The van der Waals surface area contributed by atoms with Crippen molar-refractivity contribution in [3.63, 3.8) is 0 Å². The van der Waals surface area contributed by atoms with Crippen molar-refractivity contribution >= 4 is 5.69 Å². The lowest BCUT2D eigenvalue weighted by Crippen LogP contribution is -2.20. The van der Waals surface area contributed by atoms with Crippen LogP contribution in [0.5, 0.6) is 5.75 Å². The van der Waals surface area contributed by atoms with Crippen LogP contribution in [0.15, 0.2) is 18.2 Å². The highest BCUT2D eigenvalue weighted by molar-refractivity contribution is 5.60. The van der Waals surface area contributed by atoms with E-state index in [1.807, 2.05) is 19.0 Å². The zero-order valence-corrected chi connectivity index (χ0v) is 8.28. The third-order valence-electron chi connectivity index (χ3n) is 1.71. The summed E-state index contributed by atoms with van der Waals surface area (Å²) in [6.07, 6.45) is 0. The highest BCUT2D eigenvalue weighted by Crippen LogP contribution is 2.20. The topological polar surface area (TPSA) is 59.3 Å². The number of hydrogen-bond acceptors (Lipinski definition) is 4. The first-order valence-corrected chi connectivity index (χ1v) is 4.25. The number of benzene rings is 1. The second-order valence-electron chi connectivity index (χ2n) is 3.26. The van der Waals surface area contributed by atoms with Crippen molar-refractivity contribution in [2.45, 2.75) is 0 Å². The molecule has 1 rings (SSSR count). The van der Waals surface area contributed by atoms with Crippen molar-refractivity contribution in [2.75, 3.05) is 26.1 Å². The van der Waals surface area contributed by atoms with Crippen LogP contribution in [0.1, 0.15) is 5.56 Å². The van der Waals surface area contributed by atoms with E-state index in [1.165, 1.54) is 6.07 Å². The Morgan fingerprint density at radius 2 is 2.21 bits per heavy atom. The van der Waals surface area contributed by atoms with Crippen LogP contribution in [0.3, 0.4) is 0 Å². The van der Waals surface area contributed by atoms with Gasteiger partial charge in [-0.25, -0.2) is 0 Å². The number of hydrogen-bond donors (Lipinski definition) is 2. The second kappa shape index (κ2) is 4.49. The monoisotopic (exact) mass is 191 g/mol. The van der Waals surface area contributed by atoms with Crippen molar-refractivity contribution in [1.29, 1.82) is 5.26 Å². The fourth-order valence-corrected chi connectivity index (χ4v) is 1.02. The lowest BCUT2D eigenvalue weighted by atomic mass is 10.2. The zero-order chi connectivity index (χ0) is 10.6. The highest BCUT2D eigenvalue weighted by Gasteiger charge is 2.02. The summed E-state index contributed by atoms with van der Waals surface area (Å²) in [7, 11) is 3.84. The van der Waals surface area contributed by atoms with Crippen LogP contribution in [0, 0.1) is 11.3 Å². The minimum Gasteiger partial charge on any atom is -0.508 e. The number of aromatic hydroxyl groups is 1. The molecule has 0 heterocycles. The summed E-state index contributed by atoms with van der Waals surface area (Å²) in [5.41, 5.74) is 1.19. The van der Waals surface area contributed by atoms with E-state index in [0.29, 0.717) is 17.9 Å². The quantitative estimate of drug-likeness (QED) is 0.705. The molecule has 0 unspecified atom stereocenters. The molecule has 0 atom stereocenters. The summed E-state index contributed by atoms with van der Waals surface area (Å²) < 4.78 is 0. The summed E-state index contributed by atoms with van der Waals surface area (Å²) in [4.78, 5) is 1.94. The molecule has 0 aliphatic carbocycles. The van der Waals surface area contributed by atoms with Crippen LogP contribution in [0.4, 0.5) is 5.69 Å². The summed E-state index contributed by atoms with van der Waals surface area (Å²) in [6, 6.07) is 6.69. The molecule has 14 heavy (non-hydrogen) atoms. The molecule has 0 aliphatic rings. The minimum absolute atomic E-state index is 0.158. The van der Waals surface area contributed by atoms with Gasteiger partial charge < -0.3 is 10.4 Å². The molecule has 0 bridgehead atoms. The molecule has 0 saturated carbocycles. The number of nitrogens with one attached hydrogen (secondary N) is 1. The molecule has 0 saturated heterocycles. The van der Waals surface area contributed by atoms with Crippen LogP contribution in [0.25, 0.3) is 0 Å². The van der Waals surface area contributed by atoms with Crippen LogP contribution >= 0.6 is 0 Å². The van der Waals surface area contributed by atoms with Crippen LogP contribution < -0.4 is 5.32 Å². The van der Waals surface area contributed by atoms with Gasteiger partial charge in [0.1, 0.15) is 11.8 Å². The Kier molecular flexibility index (Phi) is 3.32. The van der Waals surface area contributed by atoms with Crippen molar-refractivity contribution in [3.8, 4) is 11.8 Å². The molecule has 1 aromatic carbocycles. The van der Waals surface area contributed by atoms with Gasteiger partial charge in [-0.05, 0) is 26.2 Å². The molecular formula is C10H13N3O. The zero-order valence-electron chi connectivity index (χ0n) is 8.28. The lowest BCUT2D eigenvalue weighted by Gasteiger charge is -2.13. The van der Waals surface area contributed by atoms with Crippen LogP contribution in [-0.2, 0) is 0 Å². The van der Waals surface area contributed by atoms with Crippen molar-refractivity contribution < 1.29 is 5.11 Å². The van der Waals surface area contributed by atoms with Gasteiger partial charge in [0.15, 0.2) is 0 Å². The summed E-state index contributed by atoms with van der Waals surface area (Å²) in [6.45, 7) is 0.623. The molecule has 0 amide bonds. The van der Waals surface area contributed by atoms with Crippen molar-refractivity contribution in [2.24, 2.45) is 0 Å². The van der Waals surface area contributed by atoms with E-state index in [1.54, 1.807) is 12.1 Å². The van der Waals surface area contributed by atoms with E-state index >= 15 is 0 Å². The molecule has 74 valence electrons. The van der Waals surface area contributed by atoms with E-state index in [9.17, 15) is 5.11 Å². The SMILES string of the molecule is CN(C)CNc1cc(O)ccc1C#N. The van der Waals surface area contributed by atoms with Gasteiger partial charge in [0, 0.05) is 6.07 Å². The average Bonchev–Trinajstić information content (AvgIpc) is 2.15. The van der Waals surface area contributed by atoms with E-state index in [2.05, 4.69) is 11.4 Å². The van der Waals surface area contributed by atoms with Gasteiger partial charge in [-0.15, -0.1) is 0 Å². The lowest BCUT2D eigenvalue weighted by molar-refractivity contribution is 0.439. The third kappa shape index (κ3) is 2.64. The Hall–Kier alpha value is -1.73. The predicted octanol–water partition coefficient (Wildman–Crippen LogP) is 1.19. The fourth-order valence-electron chi connectivity index (χ4n) is 1.02. The first kappa shape index (κ1) is 10.4. The standard InChI is InChI=1S/C10H13N3O/c1-13(2)7-12-10-5-9(14)4-3-8(10)6-11/h3-5,12,14H,7H2,1-2H3. The smallest absolute Gasteiger partial charge is 0.117 e. The van der Waals surface area contributed by atoms with Gasteiger partial charge in [-0.3, -0.25) is 4.90 Å². The number of phenolic OH excluding ortho intramolecular Hbond substituents is 1. The first-order chi connectivity index (χ1) is 6.63. The summed E-state index contributed by atoms with van der Waals surface area (Å²) >= 11 is 0. The van der Waals surface area contributed by atoms with E-state index < -0.39 is 0 Å². The Bertz CT molecular complexity index is 355. The average molecular weight is 191 g/mol. The normalized spacial score (nSPS) is 9.86. The van der Waals surface area contributed by atoms with Crippen molar-refractivity contribution in [3.05, 3.63) is 23.8 Å². The maximum Gasteiger partial charge on any atom is 0.117 e. The van der Waals surface area contributed by atoms with Crippen LogP contribution in [-0.4, -0.2) is 30.8 Å². The summed E-state index contributed by atoms with van der Waals surface area (Å²) in [5, 5.41) is 21.1. The Morgan fingerprint density at radius 1 is 1.50 bits per heavy atom. The Morgan fingerprint density at radius 3 is 2.79 bits per heavy atom. The predicted molar refractivity (Wildman–Crippen MR) is 55.0 cm³/mol. The van der Waals surface area contributed by atoms with E-state index in [-0.39, 0.29) is 5.75 Å². The maximum absolute atomic E-state index is 9.24. The van der Waals surface area contributed by atoms with Crippen LogP contribution in [0.2, 0.25) is 0 Å². The number of anilines is 1. The molecule has 4 nitrogen and oxygen atoms in total. The van der Waals surface area contributed by atoms with Gasteiger partial charge in [0.05, 0.1) is 17.9 Å². The summed E-state index contributed by atoms with van der Waals surface area (Å²) in [5.74, 6) is 0.158. The number of phenols is 1. The van der Waals surface area contributed by atoms with Gasteiger partial charge in [0.25, 0.3) is 0 Å². The number of rotatable bonds is 3. The van der Waals surface area contributed by atoms with E-state index in [0.717, 1.165) is 0 Å². The largest absolute Gasteiger partial charge is 0.508 e. The molecule has 2 N–H and O–H groups in total. The second-order valence-corrected chi connectivity index (χ2v) is 3.26. The molecule has 0 aliphatic heterocycles. The van der Waals surface area contributed by atoms with Gasteiger partial charge >= 0.3 is 0 Å². The molecular weight excluding hydrogens is 178 g/mol. The molecule has 0 aromatic heterocycles. The molecule has 4 heteroatoms. The van der Waals surface area contributed by atoms with Gasteiger partial charge in [-0.1, -0.05) is 0 Å². The van der Waals surface area contributed by atoms with E-state index in [4.69, 9.17) is 5.26 Å². The van der Waals surface area contributed by atoms with Gasteiger partial charge in [-0.2, -0.15) is 5.26 Å². The number of nitriles is 1. The Balaban J connectivity index is 2.84. The third-order valence-corrected chi connectivity index (χ3v) is 1.71. The minimum atomic E-state index is 0.158. The van der Waals surface area contributed by atoms with Crippen molar-refractivity contribution in [1.82, 2.24) is 4.90 Å². The fraction of sp³-hybridized carbons (Fsp3) is 0.300.